The topological polar surface area (TPSA) is 65.7 Å². The van der Waals surface area contributed by atoms with E-state index in [4.69, 9.17) is 9.52 Å². The molecule has 2 heterocycles. The Morgan fingerprint density at radius 2 is 2.20 bits per heavy atom. The number of hydrogen-bond acceptors (Lipinski definition) is 4. The molecule has 2 rings (SSSR count). The van der Waals surface area contributed by atoms with Crippen LogP contribution < -0.4 is 5.32 Å². The van der Waals surface area contributed by atoms with Crippen molar-refractivity contribution in [1.29, 1.82) is 0 Å². The maximum atomic E-state index is 11.1. The molecule has 2 N–H and O–H groups in total. The SMILES string of the molecule is CCCN(Cc1cc(C(=O)O)c(C)o1)C1CCNCC1. The van der Waals surface area contributed by atoms with E-state index in [1.807, 2.05) is 0 Å². The Morgan fingerprint density at radius 3 is 2.75 bits per heavy atom. The maximum absolute atomic E-state index is 11.1. The molecule has 0 bridgehead atoms. The third-order valence-electron chi connectivity index (χ3n) is 3.89. The zero-order valence-electron chi connectivity index (χ0n) is 12.3. The van der Waals surface area contributed by atoms with Gasteiger partial charge in [0.15, 0.2) is 0 Å². The van der Waals surface area contributed by atoms with Gasteiger partial charge in [-0.3, -0.25) is 4.90 Å². The van der Waals surface area contributed by atoms with E-state index in [2.05, 4.69) is 17.1 Å². The van der Waals surface area contributed by atoms with Crippen molar-refractivity contribution < 1.29 is 14.3 Å². The summed E-state index contributed by atoms with van der Waals surface area (Å²) in [7, 11) is 0. The van der Waals surface area contributed by atoms with E-state index in [1.165, 1.54) is 0 Å². The molecule has 1 aliphatic rings. The van der Waals surface area contributed by atoms with Gasteiger partial charge in [0.2, 0.25) is 0 Å². The number of hydrogen-bond donors (Lipinski definition) is 2. The Morgan fingerprint density at radius 1 is 1.50 bits per heavy atom. The van der Waals surface area contributed by atoms with E-state index < -0.39 is 5.97 Å². The van der Waals surface area contributed by atoms with E-state index in [1.54, 1.807) is 13.0 Å². The van der Waals surface area contributed by atoms with Crippen molar-refractivity contribution in [2.45, 2.75) is 45.7 Å². The average molecular weight is 280 g/mol. The van der Waals surface area contributed by atoms with Gasteiger partial charge >= 0.3 is 5.97 Å². The van der Waals surface area contributed by atoms with Crippen LogP contribution in [0.4, 0.5) is 0 Å². The van der Waals surface area contributed by atoms with Gasteiger partial charge in [0.1, 0.15) is 17.1 Å². The highest BCUT2D eigenvalue weighted by molar-refractivity contribution is 5.88. The summed E-state index contributed by atoms with van der Waals surface area (Å²) in [6.07, 6.45) is 3.38. The van der Waals surface area contributed by atoms with Gasteiger partial charge in [-0.1, -0.05) is 6.92 Å². The third kappa shape index (κ3) is 3.61. The van der Waals surface area contributed by atoms with Gasteiger partial charge in [-0.15, -0.1) is 0 Å². The van der Waals surface area contributed by atoms with E-state index >= 15 is 0 Å². The first-order valence-corrected chi connectivity index (χ1v) is 7.39. The Bertz CT molecular complexity index is 450. The van der Waals surface area contributed by atoms with E-state index in [0.717, 1.165) is 44.7 Å². The van der Waals surface area contributed by atoms with Crippen molar-refractivity contribution in [3.05, 3.63) is 23.2 Å². The zero-order chi connectivity index (χ0) is 14.5. The molecule has 112 valence electrons. The Labute approximate surface area is 119 Å². The highest BCUT2D eigenvalue weighted by Gasteiger charge is 2.22. The number of piperidine rings is 1. The van der Waals surface area contributed by atoms with Crippen LogP contribution in [0.3, 0.4) is 0 Å². The molecule has 0 amide bonds. The molecule has 0 saturated carbocycles. The van der Waals surface area contributed by atoms with Gasteiger partial charge in [0.25, 0.3) is 0 Å². The second kappa shape index (κ2) is 6.90. The molecule has 1 aromatic heterocycles. The minimum atomic E-state index is -0.915. The van der Waals surface area contributed by atoms with Crippen molar-refractivity contribution in [2.24, 2.45) is 0 Å². The van der Waals surface area contributed by atoms with Crippen LogP contribution in [0.2, 0.25) is 0 Å². The Kier molecular flexibility index (Phi) is 5.20. The predicted molar refractivity (Wildman–Crippen MR) is 77.0 cm³/mol. The Hall–Kier alpha value is -1.33. The van der Waals surface area contributed by atoms with E-state index in [-0.39, 0.29) is 5.56 Å². The van der Waals surface area contributed by atoms with Crippen molar-refractivity contribution in [3.8, 4) is 0 Å². The van der Waals surface area contributed by atoms with Crippen molar-refractivity contribution in [1.82, 2.24) is 10.2 Å². The number of aryl methyl sites for hydroxylation is 1. The second-order valence-electron chi connectivity index (χ2n) is 5.44. The summed E-state index contributed by atoms with van der Waals surface area (Å²) in [6.45, 7) is 7.72. The molecule has 0 unspecified atom stereocenters. The van der Waals surface area contributed by atoms with Crippen LogP contribution in [-0.2, 0) is 6.54 Å². The number of furan rings is 1. The molecule has 5 nitrogen and oxygen atoms in total. The summed E-state index contributed by atoms with van der Waals surface area (Å²) in [5.41, 5.74) is 0.279. The first-order chi connectivity index (χ1) is 9.61. The van der Waals surface area contributed by atoms with Crippen LogP contribution >= 0.6 is 0 Å². The minimum Gasteiger partial charge on any atom is -0.478 e. The van der Waals surface area contributed by atoms with Crippen LogP contribution in [0.15, 0.2) is 10.5 Å². The lowest BCUT2D eigenvalue weighted by Crippen LogP contribution is -2.43. The van der Waals surface area contributed by atoms with Crippen molar-refractivity contribution in [2.75, 3.05) is 19.6 Å². The molecular formula is C15H24N2O3. The van der Waals surface area contributed by atoms with Gasteiger partial charge in [0.05, 0.1) is 6.54 Å². The number of aromatic carboxylic acids is 1. The van der Waals surface area contributed by atoms with Crippen LogP contribution in [0.5, 0.6) is 0 Å². The quantitative estimate of drug-likeness (QED) is 0.836. The first-order valence-electron chi connectivity index (χ1n) is 7.39. The summed E-state index contributed by atoms with van der Waals surface area (Å²) in [6, 6.07) is 2.23. The maximum Gasteiger partial charge on any atom is 0.339 e. The number of nitrogens with one attached hydrogen (secondary N) is 1. The summed E-state index contributed by atoms with van der Waals surface area (Å²) in [5.74, 6) is 0.336. The zero-order valence-corrected chi connectivity index (χ0v) is 12.3. The summed E-state index contributed by atoms with van der Waals surface area (Å²) < 4.78 is 5.61. The highest BCUT2D eigenvalue weighted by Crippen LogP contribution is 2.20. The number of carbonyl (C=O) groups is 1. The third-order valence-corrected chi connectivity index (χ3v) is 3.89. The normalized spacial score (nSPS) is 16.8. The van der Waals surface area contributed by atoms with E-state index in [0.29, 0.717) is 18.3 Å². The molecule has 1 aliphatic heterocycles. The molecule has 1 aromatic rings. The molecule has 0 radical (unpaired) electrons. The lowest BCUT2D eigenvalue weighted by atomic mass is 10.0. The summed E-state index contributed by atoms with van der Waals surface area (Å²) in [4.78, 5) is 13.5. The molecule has 0 atom stereocenters. The fourth-order valence-corrected chi connectivity index (χ4v) is 2.88. The monoisotopic (exact) mass is 280 g/mol. The largest absolute Gasteiger partial charge is 0.478 e. The molecular weight excluding hydrogens is 256 g/mol. The highest BCUT2D eigenvalue weighted by atomic mass is 16.4. The first kappa shape index (κ1) is 15.1. The molecule has 0 spiro atoms. The summed E-state index contributed by atoms with van der Waals surface area (Å²) in [5, 5.41) is 12.5. The molecule has 1 saturated heterocycles. The van der Waals surface area contributed by atoms with Gasteiger partial charge < -0.3 is 14.8 Å². The number of carboxylic acids is 1. The van der Waals surface area contributed by atoms with Gasteiger partial charge in [0, 0.05) is 6.04 Å². The smallest absolute Gasteiger partial charge is 0.339 e. The molecule has 1 fully saturated rings. The number of rotatable bonds is 6. The number of carboxylic acid groups (broad SMARTS) is 1. The standard InChI is InChI=1S/C15H24N2O3/c1-3-8-17(12-4-6-16-7-5-12)10-13-9-14(15(18)19)11(2)20-13/h9,12,16H,3-8,10H2,1-2H3,(H,18,19). The van der Waals surface area contributed by atoms with E-state index in [9.17, 15) is 4.79 Å². The molecule has 0 aliphatic carbocycles. The van der Waals surface area contributed by atoms with Crippen LogP contribution in [0.1, 0.15) is 48.1 Å². The molecule has 5 heteroatoms. The number of nitrogens with zero attached hydrogens (tertiary/aromatic N) is 1. The fourth-order valence-electron chi connectivity index (χ4n) is 2.88. The van der Waals surface area contributed by atoms with Gasteiger partial charge in [-0.25, -0.2) is 4.79 Å². The lowest BCUT2D eigenvalue weighted by Gasteiger charge is -2.33. The molecule has 20 heavy (non-hydrogen) atoms. The Balaban J connectivity index is 2.07. The lowest BCUT2D eigenvalue weighted by molar-refractivity contribution is 0.0695. The fraction of sp³-hybridized carbons (Fsp3) is 0.667. The van der Waals surface area contributed by atoms with Crippen molar-refractivity contribution >= 4 is 5.97 Å². The minimum absolute atomic E-state index is 0.279. The second-order valence-corrected chi connectivity index (χ2v) is 5.44. The van der Waals surface area contributed by atoms with Crippen LogP contribution in [0.25, 0.3) is 0 Å². The molecule has 0 aromatic carbocycles. The van der Waals surface area contributed by atoms with Gasteiger partial charge in [-0.05, 0) is 51.9 Å². The summed E-state index contributed by atoms with van der Waals surface area (Å²) >= 11 is 0. The predicted octanol–water partition coefficient (Wildman–Crippen LogP) is 2.25. The van der Waals surface area contributed by atoms with Gasteiger partial charge in [-0.2, -0.15) is 0 Å². The van der Waals surface area contributed by atoms with Crippen LogP contribution in [0, 0.1) is 6.92 Å². The average Bonchev–Trinajstić information content (AvgIpc) is 2.80. The van der Waals surface area contributed by atoms with Crippen LogP contribution in [-0.4, -0.2) is 41.7 Å². The van der Waals surface area contributed by atoms with Crippen molar-refractivity contribution in [3.63, 3.8) is 0 Å².